The lowest BCUT2D eigenvalue weighted by atomic mass is 9.33. The van der Waals surface area contributed by atoms with Crippen LogP contribution in [-0.4, -0.2) is 20.4 Å². The third kappa shape index (κ3) is 9.69. The van der Waals surface area contributed by atoms with E-state index in [-0.39, 0.29) is 56.2 Å². The van der Waals surface area contributed by atoms with Gasteiger partial charge in [-0.05, 0) is 179 Å². The summed E-state index contributed by atoms with van der Waals surface area (Å²) in [5.74, 6) is 0. The van der Waals surface area contributed by atoms with Gasteiger partial charge in [0.05, 0.1) is 63.5 Å². The molecule has 0 unspecified atom stereocenters. The summed E-state index contributed by atoms with van der Waals surface area (Å²) in [5.41, 5.74) is 1.34. The molecule has 11 aromatic carbocycles. The van der Waals surface area contributed by atoms with Gasteiger partial charge in [-0.3, -0.25) is 0 Å². The lowest BCUT2D eigenvalue weighted by Gasteiger charge is -2.44. The number of para-hydroxylation sites is 2. The summed E-state index contributed by atoms with van der Waals surface area (Å²) in [4.78, 5) is 2.40. The Hall–Kier alpha value is -9.52. The van der Waals surface area contributed by atoms with Crippen molar-refractivity contribution >= 4 is 123 Å². The molecule has 3 aromatic heterocycles. The van der Waals surface area contributed by atoms with Crippen LogP contribution in [0.5, 0.6) is 0 Å². The van der Waals surface area contributed by atoms with E-state index < -0.39 is 159 Å². The zero-order valence-corrected chi connectivity index (χ0v) is 58.2. The lowest BCUT2D eigenvalue weighted by molar-refractivity contribution is 0.590. The van der Waals surface area contributed by atoms with Crippen molar-refractivity contribution in [2.45, 2.75) is 157 Å². The molecular weight excluding hydrogens is 1160 g/mol. The molecule has 2 aliphatic rings. The number of aromatic nitrogens is 3. The first-order valence-corrected chi connectivity index (χ1v) is 33.4. The van der Waals surface area contributed by atoms with Gasteiger partial charge in [0.2, 0.25) is 0 Å². The molecule has 0 fully saturated rings. The van der Waals surface area contributed by atoms with E-state index in [1.165, 1.54) is 9.80 Å². The van der Waals surface area contributed by atoms with Gasteiger partial charge in [0.15, 0.2) is 0 Å². The van der Waals surface area contributed by atoms with Gasteiger partial charge in [0.1, 0.15) is 0 Å². The average molecular weight is 1270 g/mol. The third-order valence-electron chi connectivity index (χ3n) is 19.9. The highest BCUT2D eigenvalue weighted by atomic mass is 15.2. The fourth-order valence-corrected chi connectivity index (χ4v) is 14.4. The Labute approximate surface area is 594 Å². The second kappa shape index (κ2) is 21.0. The van der Waals surface area contributed by atoms with Gasteiger partial charge in [-0.25, -0.2) is 0 Å². The van der Waals surface area contributed by atoms with Crippen molar-refractivity contribution in [2.24, 2.45) is 0 Å². The van der Waals surface area contributed by atoms with Crippen molar-refractivity contribution in [2.75, 3.05) is 9.80 Å². The molecule has 0 aliphatic carbocycles. The topological polar surface area (TPSA) is 21.3 Å². The number of nitrogens with zero attached hydrogens (tertiary/aromatic N) is 5. The first kappa shape index (κ1) is 44.3. The van der Waals surface area contributed by atoms with Crippen LogP contribution in [0.2, 0.25) is 0 Å². The van der Waals surface area contributed by atoms with Crippen LogP contribution < -0.4 is 26.2 Å². The Morgan fingerprint density at radius 2 is 0.500 bits per heavy atom. The second-order valence-corrected chi connectivity index (χ2v) is 32.6. The van der Waals surface area contributed by atoms with Gasteiger partial charge in [0.25, 0.3) is 6.71 Å². The third-order valence-corrected chi connectivity index (χ3v) is 19.9. The van der Waals surface area contributed by atoms with Crippen LogP contribution in [0.1, 0.15) is 183 Å². The maximum Gasteiger partial charge on any atom is 0.252 e. The predicted octanol–water partition coefficient (Wildman–Crippen LogP) is 22.8. The van der Waals surface area contributed by atoms with Crippen LogP contribution in [0.3, 0.4) is 0 Å². The molecule has 0 spiro atoms. The first-order chi connectivity index (χ1) is 52.9. The molecule has 16 rings (SSSR count). The summed E-state index contributed by atoms with van der Waals surface area (Å²) in [6, 6.07) is 23.5. The van der Waals surface area contributed by atoms with Crippen molar-refractivity contribution in [1.29, 1.82) is 0 Å². The predicted molar refractivity (Wildman–Crippen MR) is 416 cm³/mol. The summed E-state index contributed by atoms with van der Waals surface area (Å²) in [7, 11) is 0. The van der Waals surface area contributed by atoms with Gasteiger partial charge in [0, 0.05) is 77.8 Å². The number of fused-ring (bicyclic) bond motifs is 13. The van der Waals surface area contributed by atoms with Crippen molar-refractivity contribution < 1.29 is 24.7 Å². The molecule has 478 valence electrons. The Kier molecular flexibility index (Phi) is 9.68. The van der Waals surface area contributed by atoms with Gasteiger partial charge in [-0.2, -0.15) is 0 Å². The highest BCUT2D eigenvalue weighted by molar-refractivity contribution is 7.00. The molecular formula is C90H90BN5. The fourth-order valence-electron chi connectivity index (χ4n) is 14.4. The zero-order valence-electron chi connectivity index (χ0n) is 76.2. The van der Waals surface area contributed by atoms with Crippen LogP contribution in [0.25, 0.3) is 82.5 Å². The average Bonchev–Trinajstić information content (AvgIpc) is 0.885. The van der Waals surface area contributed by atoms with Gasteiger partial charge in [-0.15, -0.1) is 0 Å². The minimum Gasteiger partial charge on any atom is -0.311 e. The van der Waals surface area contributed by atoms with E-state index in [1.54, 1.807) is 13.7 Å². The Bertz CT molecular complexity index is 6090. The maximum atomic E-state index is 11.7. The molecule has 5 nitrogen and oxygen atoms in total. The molecule has 14 aromatic rings. The second-order valence-electron chi connectivity index (χ2n) is 32.6. The molecule has 0 radical (unpaired) electrons. The molecule has 6 heteroatoms. The van der Waals surface area contributed by atoms with E-state index in [4.69, 9.17) is 2.74 Å². The minimum absolute atomic E-state index is 0.177. The molecule has 2 aliphatic heterocycles. The Balaban J connectivity index is 1.21. The number of benzene rings is 11. The molecule has 0 saturated carbocycles. The molecule has 0 N–H and O–H groups in total. The molecule has 5 heterocycles. The van der Waals surface area contributed by atoms with Crippen LogP contribution in [0.4, 0.5) is 34.1 Å². The van der Waals surface area contributed by atoms with Crippen LogP contribution in [0.15, 0.2) is 218 Å². The van der Waals surface area contributed by atoms with Crippen molar-refractivity contribution in [3.05, 3.63) is 251 Å². The minimum atomic E-state index is -1.84. The standard InChI is InChI=1S/C90H90BN5/c1-85(2,3)55-29-37-66-67-38-30-56(86(4,5)6)46-75(67)94(74(66)45-55)63-35-43-72-80(51-63)92(61-25-21-19-22-26-61)82-53-65(96-78-49-59(89(13,14)15)33-41-70(78)71-42-34-60(50-79(71)96)90(16,17)18)54-83-84(82)91(72)73-44-36-64(52-81(73)93(83)62-27-23-20-24-28-62)95-76-47-57(87(7,8)9)31-39-68(76)69-40-32-58(48-77(69)95)88(10,11)12/h19-54H,1-18H3/i19D,20D,21D,22D,23D,24D,25D,26D,27D,28D,35D,36D,43D,44D,51D,52D,53D,54D. The summed E-state index contributed by atoms with van der Waals surface area (Å²) in [5, 5.41) is 4.31. The highest BCUT2D eigenvalue weighted by Gasteiger charge is 2.45. The van der Waals surface area contributed by atoms with Crippen molar-refractivity contribution in [3.8, 4) is 17.1 Å². The number of hydrogen-bond donors (Lipinski definition) is 0. The molecule has 0 amide bonds. The van der Waals surface area contributed by atoms with E-state index in [2.05, 4.69) is 125 Å². The van der Waals surface area contributed by atoms with Crippen molar-refractivity contribution in [3.63, 3.8) is 0 Å². The van der Waals surface area contributed by atoms with E-state index in [1.807, 2.05) is 109 Å². The number of anilines is 6. The molecule has 0 bridgehead atoms. The molecule has 0 saturated heterocycles. The Morgan fingerprint density at radius 3 is 0.750 bits per heavy atom. The van der Waals surface area contributed by atoms with E-state index in [9.17, 15) is 21.9 Å². The fraction of sp³-hybridized carbons (Fsp3) is 0.267. The Morgan fingerprint density at radius 1 is 0.260 bits per heavy atom. The normalized spacial score (nSPS) is 16.5. The number of rotatable bonds is 5. The monoisotopic (exact) mass is 1270 g/mol. The van der Waals surface area contributed by atoms with E-state index in [0.717, 1.165) is 54.9 Å². The SMILES string of the molecule is [2H]c1c([2H])c([2H])c(N2c3c([2H])c(-n4c5cc(C(C)(C)C)ccc5c5ccc(C(C)(C)C)cc54)c([2H])c([2H])c3B3c4c([2H])c([2H])c(-n5c6cc(C(C)(C)C)ccc6c6ccc(C(C)(C)C)cc65)c([2H])c4N(c4c([2H])c([2H])c([2H])c([2H])c4[2H])c4c([2H])c(-n5c6cc(C(C)(C)C)ccc6c6ccc(C(C)(C)C)cc65)c([2H])c2c43)c([2H])c1[2H]. The highest BCUT2D eigenvalue weighted by Crippen LogP contribution is 2.50. The van der Waals surface area contributed by atoms with E-state index in [0.29, 0.717) is 43.9 Å². The van der Waals surface area contributed by atoms with E-state index >= 15 is 0 Å². The zero-order chi connectivity index (χ0) is 82.9. The van der Waals surface area contributed by atoms with Gasteiger partial charge >= 0.3 is 0 Å². The summed E-state index contributed by atoms with van der Waals surface area (Å²) >= 11 is 0. The smallest absolute Gasteiger partial charge is 0.252 e. The van der Waals surface area contributed by atoms with Crippen LogP contribution in [0, 0.1) is 0 Å². The largest absolute Gasteiger partial charge is 0.311 e. The molecule has 96 heavy (non-hydrogen) atoms. The first-order valence-electron chi connectivity index (χ1n) is 42.4. The van der Waals surface area contributed by atoms with Crippen LogP contribution in [-0.2, 0) is 32.5 Å². The van der Waals surface area contributed by atoms with Gasteiger partial charge < -0.3 is 23.5 Å². The van der Waals surface area contributed by atoms with Crippen molar-refractivity contribution in [1.82, 2.24) is 13.7 Å². The summed E-state index contributed by atoms with van der Waals surface area (Å²) in [6.45, 7) is 35.3. The van der Waals surface area contributed by atoms with Crippen LogP contribution >= 0.6 is 0 Å². The molecule has 0 atom stereocenters. The quantitative estimate of drug-likeness (QED) is 0.160. The summed E-state index contributed by atoms with van der Waals surface area (Å²) < 4.78 is 194. The lowest BCUT2D eigenvalue weighted by Crippen LogP contribution is -2.61. The maximum absolute atomic E-state index is 11.7. The summed E-state index contributed by atoms with van der Waals surface area (Å²) in [6.07, 6.45) is 0. The van der Waals surface area contributed by atoms with Gasteiger partial charge in [-0.1, -0.05) is 246 Å². The number of hydrogen-bond acceptors (Lipinski definition) is 2.